The minimum atomic E-state index is -0.0223. The lowest BCUT2D eigenvalue weighted by Crippen LogP contribution is -2.49. The van der Waals surface area contributed by atoms with Gasteiger partial charge < -0.3 is 14.5 Å². The van der Waals surface area contributed by atoms with Gasteiger partial charge in [0.25, 0.3) is 5.91 Å². The molecule has 0 saturated carbocycles. The summed E-state index contributed by atoms with van der Waals surface area (Å²) in [5, 5.41) is 4.71. The van der Waals surface area contributed by atoms with Crippen LogP contribution in [-0.2, 0) is 0 Å². The average molecular weight is 442 g/mol. The number of ether oxygens (including phenoxy) is 1. The van der Waals surface area contributed by atoms with Crippen LogP contribution in [0.5, 0.6) is 5.75 Å². The molecule has 0 atom stereocenters. The van der Waals surface area contributed by atoms with Crippen molar-refractivity contribution in [2.75, 3.05) is 37.7 Å². The summed E-state index contributed by atoms with van der Waals surface area (Å²) < 4.78 is 7.47. The predicted molar refractivity (Wildman–Crippen MR) is 129 cm³/mol. The summed E-state index contributed by atoms with van der Waals surface area (Å²) in [6, 6.07) is 21.8. The fraction of sp³-hybridized carbons (Fsp3) is 0.269. The van der Waals surface area contributed by atoms with Gasteiger partial charge in [-0.15, -0.1) is 0 Å². The molecule has 4 aromatic rings. The first-order valence-corrected chi connectivity index (χ1v) is 11.3. The summed E-state index contributed by atoms with van der Waals surface area (Å²) in [5.41, 5.74) is 4.91. The van der Waals surface area contributed by atoms with E-state index in [9.17, 15) is 4.79 Å². The molecule has 33 heavy (non-hydrogen) atoms. The zero-order valence-corrected chi connectivity index (χ0v) is 18.9. The Morgan fingerprint density at radius 2 is 1.70 bits per heavy atom. The Balaban J connectivity index is 1.38. The number of para-hydroxylation sites is 2. The van der Waals surface area contributed by atoms with Crippen molar-refractivity contribution in [1.29, 1.82) is 0 Å². The second-order valence-electron chi connectivity index (χ2n) is 8.13. The Kier molecular flexibility index (Phi) is 5.69. The van der Waals surface area contributed by atoms with Crippen LogP contribution in [0.25, 0.3) is 16.9 Å². The molecule has 0 unspecified atom stereocenters. The topological polar surface area (TPSA) is 63.0 Å². The number of hydrogen-bond acceptors (Lipinski definition) is 5. The highest BCUT2D eigenvalue weighted by atomic mass is 16.5. The Morgan fingerprint density at radius 1 is 0.970 bits per heavy atom. The lowest BCUT2D eigenvalue weighted by molar-refractivity contribution is 0.0737. The van der Waals surface area contributed by atoms with E-state index in [1.807, 2.05) is 79.4 Å². The van der Waals surface area contributed by atoms with Crippen LogP contribution < -0.4 is 9.64 Å². The monoisotopic (exact) mass is 441 g/mol. The molecule has 168 valence electrons. The number of aromatic nitrogens is 3. The van der Waals surface area contributed by atoms with Crippen molar-refractivity contribution in [3.8, 4) is 17.0 Å². The molecule has 2 aromatic carbocycles. The molecular formula is C26H27N5O2. The maximum Gasteiger partial charge on any atom is 0.272 e. The van der Waals surface area contributed by atoms with Gasteiger partial charge in [-0.05, 0) is 32.0 Å². The third kappa shape index (κ3) is 4.14. The molecule has 1 aliphatic rings. The fourth-order valence-corrected chi connectivity index (χ4v) is 4.31. The Labute approximate surface area is 193 Å². The molecule has 1 aliphatic heterocycles. The third-order valence-electron chi connectivity index (χ3n) is 5.92. The number of hydrogen-bond donors (Lipinski definition) is 0. The van der Waals surface area contributed by atoms with Gasteiger partial charge in [-0.25, -0.2) is 9.50 Å². The molecule has 0 radical (unpaired) electrons. The maximum atomic E-state index is 13.5. The summed E-state index contributed by atoms with van der Waals surface area (Å²) in [5.74, 6) is 0.863. The van der Waals surface area contributed by atoms with Gasteiger partial charge in [-0.3, -0.25) is 4.79 Å². The number of amides is 1. The van der Waals surface area contributed by atoms with Gasteiger partial charge in [0.1, 0.15) is 11.4 Å². The molecule has 0 bridgehead atoms. The van der Waals surface area contributed by atoms with Gasteiger partial charge >= 0.3 is 0 Å². The van der Waals surface area contributed by atoms with Crippen molar-refractivity contribution >= 4 is 17.2 Å². The first-order chi connectivity index (χ1) is 16.1. The first-order valence-electron chi connectivity index (χ1n) is 11.3. The summed E-state index contributed by atoms with van der Waals surface area (Å²) >= 11 is 0. The van der Waals surface area contributed by atoms with Crippen LogP contribution in [0.3, 0.4) is 0 Å². The van der Waals surface area contributed by atoms with E-state index in [0.717, 1.165) is 41.5 Å². The van der Waals surface area contributed by atoms with Crippen LogP contribution in [0.2, 0.25) is 0 Å². The molecule has 1 saturated heterocycles. The van der Waals surface area contributed by atoms with Crippen LogP contribution in [0.1, 0.15) is 23.1 Å². The second kappa shape index (κ2) is 8.94. The highest BCUT2D eigenvalue weighted by Crippen LogP contribution is 2.29. The molecule has 2 aromatic heterocycles. The van der Waals surface area contributed by atoms with Gasteiger partial charge in [0.2, 0.25) is 0 Å². The number of nitrogens with zero attached hydrogens (tertiary/aromatic N) is 5. The van der Waals surface area contributed by atoms with Gasteiger partial charge in [-0.1, -0.05) is 42.5 Å². The smallest absolute Gasteiger partial charge is 0.272 e. The lowest BCUT2D eigenvalue weighted by Gasteiger charge is -2.36. The predicted octanol–water partition coefficient (Wildman–Crippen LogP) is 4.07. The SMILES string of the molecule is CCOc1ccccc1N1CCN(C(=O)c2cc(C)nc3cc(-c4ccccc4)nn23)CC1. The van der Waals surface area contributed by atoms with E-state index < -0.39 is 0 Å². The van der Waals surface area contributed by atoms with E-state index in [4.69, 9.17) is 9.84 Å². The number of carbonyl (C=O) groups is 1. The van der Waals surface area contributed by atoms with E-state index in [2.05, 4.69) is 16.0 Å². The van der Waals surface area contributed by atoms with Crippen molar-refractivity contribution in [3.05, 3.63) is 78.1 Å². The number of fused-ring (bicyclic) bond motifs is 1. The van der Waals surface area contributed by atoms with E-state index in [-0.39, 0.29) is 5.91 Å². The van der Waals surface area contributed by atoms with Gasteiger partial charge in [0.15, 0.2) is 5.65 Å². The number of piperazine rings is 1. The first kappa shape index (κ1) is 21.0. The minimum absolute atomic E-state index is 0.0223. The number of aryl methyl sites for hydroxylation is 1. The molecule has 0 aliphatic carbocycles. The number of anilines is 1. The molecule has 0 spiro atoms. The van der Waals surface area contributed by atoms with Crippen LogP contribution in [-0.4, -0.2) is 58.2 Å². The lowest BCUT2D eigenvalue weighted by atomic mass is 10.2. The van der Waals surface area contributed by atoms with Crippen molar-refractivity contribution in [2.45, 2.75) is 13.8 Å². The van der Waals surface area contributed by atoms with Crippen LogP contribution in [0.4, 0.5) is 5.69 Å². The zero-order valence-electron chi connectivity index (χ0n) is 18.9. The number of carbonyl (C=O) groups excluding carboxylic acids is 1. The van der Waals surface area contributed by atoms with Crippen LogP contribution in [0, 0.1) is 6.92 Å². The van der Waals surface area contributed by atoms with Crippen LogP contribution >= 0.6 is 0 Å². The standard InChI is InChI=1S/C26H27N5O2/c1-3-33-24-12-8-7-11-22(24)29-13-15-30(16-14-29)26(32)23-17-19(2)27-25-18-21(28-31(23)25)20-9-5-4-6-10-20/h4-12,17-18H,3,13-16H2,1-2H3. The molecular weight excluding hydrogens is 414 g/mol. The van der Waals surface area contributed by atoms with Gasteiger partial charge in [-0.2, -0.15) is 5.10 Å². The molecule has 1 fully saturated rings. The third-order valence-corrected chi connectivity index (χ3v) is 5.92. The second-order valence-corrected chi connectivity index (χ2v) is 8.13. The fourth-order valence-electron chi connectivity index (χ4n) is 4.31. The molecule has 5 rings (SSSR count). The summed E-state index contributed by atoms with van der Waals surface area (Å²) in [7, 11) is 0. The average Bonchev–Trinajstić information content (AvgIpc) is 3.28. The minimum Gasteiger partial charge on any atom is -0.492 e. The highest BCUT2D eigenvalue weighted by Gasteiger charge is 2.26. The largest absolute Gasteiger partial charge is 0.492 e. The van der Waals surface area contributed by atoms with Gasteiger partial charge in [0.05, 0.1) is 18.0 Å². The molecule has 7 heteroatoms. The Morgan fingerprint density at radius 3 is 2.45 bits per heavy atom. The zero-order chi connectivity index (χ0) is 22.8. The van der Waals surface area contributed by atoms with E-state index in [1.54, 1.807) is 4.52 Å². The summed E-state index contributed by atoms with van der Waals surface area (Å²) in [6.45, 7) is 7.29. The van der Waals surface area contributed by atoms with Crippen LogP contribution in [0.15, 0.2) is 66.7 Å². The number of benzene rings is 2. The Bertz CT molecular complexity index is 1280. The summed E-state index contributed by atoms with van der Waals surface area (Å²) in [4.78, 5) is 22.3. The summed E-state index contributed by atoms with van der Waals surface area (Å²) in [6.07, 6.45) is 0. The molecule has 7 nitrogen and oxygen atoms in total. The Hall–Kier alpha value is -3.87. The van der Waals surface area contributed by atoms with Crippen molar-refractivity contribution in [3.63, 3.8) is 0 Å². The molecule has 1 amide bonds. The molecule has 0 N–H and O–H groups in total. The normalized spacial score (nSPS) is 14.0. The van der Waals surface area contributed by atoms with Crippen molar-refractivity contribution in [1.82, 2.24) is 19.5 Å². The highest BCUT2D eigenvalue weighted by molar-refractivity contribution is 5.93. The molecule has 3 heterocycles. The van der Waals surface area contributed by atoms with Crippen molar-refractivity contribution in [2.24, 2.45) is 0 Å². The number of rotatable bonds is 5. The van der Waals surface area contributed by atoms with Crippen molar-refractivity contribution < 1.29 is 9.53 Å². The van der Waals surface area contributed by atoms with E-state index in [0.29, 0.717) is 31.0 Å². The quantitative estimate of drug-likeness (QED) is 0.467. The maximum absolute atomic E-state index is 13.5. The van der Waals surface area contributed by atoms with E-state index in [1.165, 1.54) is 0 Å². The van der Waals surface area contributed by atoms with E-state index >= 15 is 0 Å². The van der Waals surface area contributed by atoms with Gasteiger partial charge in [0, 0.05) is 43.5 Å².